The van der Waals surface area contributed by atoms with Gasteiger partial charge >= 0.3 is 6.18 Å². The zero-order valence-electron chi connectivity index (χ0n) is 16.8. The topological polar surface area (TPSA) is 77.6 Å². The van der Waals surface area contributed by atoms with E-state index in [1.54, 1.807) is 4.90 Å². The van der Waals surface area contributed by atoms with Crippen LogP contribution >= 0.6 is 0 Å². The number of alkyl halides is 3. The molecule has 0 aliphatic carbocycles. The lowest BCUT2D eigenvalue weighted by molar-refractivity contribution is -0.137. The number of benzene rings is 2. The summed E-state index contributed by atoms with van der Waals surface area (Å²) in [5.41, 5.74) is 4.60. The van der Waals surface area contributed by atoms with Crippen LogP contribution in [0, 0.1) is 5.82 Å². The monoisotopic (exact) mass is 449 g/mol. The van der Waals surface area contributed by atoms with Crippen LogP contribution in [0.2, 0.25) is 0 Å². The number of rotatable bonds is 4. The van der Waals surface area contributed by atoms with Crippen LogP contribution in [0.5, 0.6) is 0 Å². The van der Waals surface area contributed by atoms with Gasteiger partial charge in [0.05, 0.1) is 30.0 Å². The van der Waals surface area contributed by atoms with Gasteiger partial charge in [0.15, 0.2) is 0 Å². The SMILES string of the molecule is NC(=O)c1cn(Cc2ccc(C(F)(F)F)cc2)c2cc(N3CCOCC3)c(F)cc2c1=O. The van der Waals surface area contributed by atoms with Gasteiger partial charge in [0, 0.05) is 31.2 Å². The summed E-state index contributed by atoms with van der Waals surface area (Å²) in [6.07, 6.45) is -3.21. The molecule has 3 aromatic rings. The summed E-state index contributed by atoms with van der Waals surface area (Å²) in [7, 11) is 0. The summed E-state index contributed by atoms with van der Waals surface area (Å²) in [4.78, 5) is 26.3. The second kappa shape index (κ2) is 8.27. The maximum atomic E-state index is 14.9. The Morgan fingerprint density at radius 1 is 1.09 bits per heavy atom. The van der Waals surface area contributed by atoms with Crippen LogP contribution in [0.4, 0.5) is 23.2 Å². The number of fused-ring (bicyclic) bond motifs is 1. The molecule has 1 aromatic heterocycles. The van der Waals surface area contributed by atoms with Crippen molar-refractivity contribution < 1.29 is 27.1 Å². The lowest BCUT2D eigenvalue weighted by Gasteiger charge is -2.29. The van der Waals surface area contributed by atoms with Crippen LogP contribution in [0.15, 0.2) is 47.4 Å². The molecular weight excluding hydrogens is 430 g/mol. The van der Waals surface area contributed by atoms with E-state index in [9.17, 15) is 27.2 Å². The summed E-state index contributed by atoms with van der Waals surface area (Å²) in [5.74, 6) is -1.60. The number of anilines is 1. The number of aromatic nitrogens is 1. The molecule has 32 heavy (non-hydrogen) atoms. The van der Waals surface area contributed by atoms with Gasteiger partial charge in [0.1, 0.15) is 11.4 Å². The van der Waals surface area contributed by atoms with Gasteiger partial charge in [-0.25, -0.2) is 4.39 Å². The fraction of sp³-hybridized carbons (Fsp3) is 0.273. The van der Waals surface area contributed by atoms with E-state index < -0.39 is 28.9 Å². The Kier molecular flexibility index (Phi) is 5.64. The molecular formula is C22H19F4N3O3. The second-order valence-electron chi connectivity index (χ2n) is 7.48. The first-order chi connectivity index (χ1) is 15.1. The van der Waals surface area contributed by atoms with E-state index in [4.69, 9.17) is 10.5 Å². The van der Waals surface area contributed by atoms with Crippen LogP contribution < -0.4 is 16.1 Å². The van der Waals surface area contributed by atoms with E-state index in [1.807, 2.05) is 0 Å². The molecule has 2 N–H and O–H groups in total. The number of nitrogens with zero attached hydrogens (tertiary/aromatic N) is 2. The average molecular weight is 449 g/mol. The van der Waals surface area contributed by atoms with Crippen molar-refractivity contribution in [1.82, 2.24) is 4.57 Å². The summed E-state index contributed by atoms with van der Waals surface area (Å²) < 4.78 is 60.3. The smallest absolute Gasteiger partial charge is 0.378 e. The highest BCUT2D eigenvalue weighted by Crippen LogP contribution is 2.30. The Bertz CT molecular complexity index is 1230. The highest BCUT2D eigenvalue weighted by Gasteiger charge is 2.30. The van der Waals surface area contributed by atoms with E-state index in [2.05, 4.69) is 0 Å². The van der Waals surface area contributed by atoms with Crippen molar-refractivity contribution in [2.75, 3.05) is 31.2 Å². The summed E-state index contributed by atoms with van der Waals surface area (Å²) in [6, 6.07) is 7.10. The molecule has 168 valence electrons. The quantitative estimate of drug-likeness (QED) is 0.621. The number of ether oxygens (including phenoxy) is 1. The van der Waals surface area contributed by atoms with Gasteiger partial charge in [-0.3, -0.25) is 9.59 Å². The van der Waals surface area contributed by atoms with Crippen LogP contribution in [0.3, 0.4) is 0 Å². The molecule has 0 atom stereocenters. The predicted molar refractivity (Wildman–Crippen MR) is 110 cm³/mol. The molecule has 1 aliphatic heterocycles. The number of morpholine rings is 1. The number of pyridine rings is 1. The number of halogens is 4. The van der Waals surface area contributed by atoms with Crippen molar-refractivity contribution in [3.63, 3.8) is 0 Å². The summed E-state index contributed by atoms with van der Waals surface area (Å²) in [6.45, 7) is 1.83. The number of amides is 1. The van der Waals surface area contributed by atoms with Gasteiger partial charge in [-0.15, -0.1) is 0 Å². The normalized spacial score (nSPS) is 14.7. The maximum Gasteiger partial charge on any atom is 0.416 e. The van der Waals surface area contributed by atoms with Crippen molar-refractivity contribution in [2.45, 2.75) is 12.7 Å². The van der Waals surface area contributed by atoms with Gasteiger partial charge in [-0.1, -0.05) is 12.1 Å². The van der Waals surface area contributed by atoms with Crippen LogP contribution in [0.25, 0.3) is 10.9 Å². The second-order valence-corrected chi connectivity index (χ2v) is 7.48. The maximum absolute atomic E-state index is 14.9. The zero-order chi connectivity index (χ0) is 23.0. The van der Waals surface area contributed by atoms with E-state index >= 15 is 0 Å². The first-order valence-electron chi connectivity index (χ1n) is 9.80. The lowest BCUT2D eigenvalue weighted by Crippen LogP contribution is -2.36. The third kappa shape index (κ3) is 4.18. The largest absolute Gasteiger partial charge is 0.416 e. The van der Waals surface area contributed by atoms with Gasteiger partial charge in [-0.05, 0) is 29.8 Å². The van der Waals surface area contributed by atoms with E-state index in [0.717, 1.165) is 18.2 Å². The number of nitrogens with two attached hydrogens (primary N) is 1. The molecule has 2 aromatic carbocycles. The van der Waals surface area contributed by atoms with E-state index in [-0.39, 0.29) is 23.2 Å². The molecule has 1 fully saturated rings. The standard InChI is InChI=1S/C22H19F4N3O3/c23-17-9-15-18(10-19(17)28-5-7-32-8-6-28)29(12-16(20(15)30)21(27)31)11-13-1-3-14(4-2-13)22(24,25)26/h1-4,9-10,12H,5-8,11H2,(H2,27,31). The van der Waals surface area contributed by atoms with E-state index in [0.29, 0.717) is 37.4 Å². The Morgan fingerprint density at radius 2 is 1.75 bits per heavy atom. The Morgan fingerprint density at radius 3 is 2.34 bits per heavy atom. The molecule has 0 bridgehead atoms. The molecule has 2 heterocycles. The molecule has 10 heteroatoms. The Balaban J connectivity index is 1.84. The van der Waals surface area contributed by atoms with Crippen molar-refractivity contribution in [2.24, 2.45) is 5.73 Å². The number of carbonyl (C=O) groups is 1. The molecule has 0 saturated carbocycles. The fourth-order valence-corrected chi connectivity index (χ4v) is 3.75. The summed E-state index contributed by atoms with van der Waals surface area (Å²) >= 11 is 0. The number of carbonyl (C=O) groups excluding carboxylic acids is 1. The summed E-state index contributed by atoms with van der Waals surface area (Å²) in [5, 5.41) is -0.0391. The minimum absolute atomic E-state index is 0.0391. The Labute approximate surface area is 179 Å². The van der Waals surface area contributed by atoms with Crippen molar-refractivity contribution in [1.29, 1.82) is 0 Å². The minimum Gasteiger partial charge on any atom is -0.378 e. The van der Waals surface area contributed by atoms with Crippen LogP contribution in [0.1, 0.15) is 21.5 Å². The highest BCUT2D eigenvalue weighted by atomic mass is 19.4. The zero-order valence-corrected chi connectivity index (χ0v) is 16.8. The first kappa shape index (κ1) is 21.8. The molecule has 0 unspecified atom stereocenters. The van der Waals surface area contributed by atoms with Gasteiger partial charge < -0.3 is 19.9 Å². The molecule has 0 radical (unpaired) electrons. The number of hydrogen-bond donors (Lipinski definition) is 1. The molecule has 1 aliphatic rings. The van der Waals surface area contributed by atoms with Gasteiger partial charge in [-0.2, -0.15) is 13.2 Å². The number of primary amides is 1. The molecule has 1 saturated heterocycles. The van der Waals surface area contributed by atoms with E-state index in [1.165, 1.54) is 29.0 Å². The third-order valence-corrected chi connectivity index (χ3v) is 5.40. The van der Waals surface area contributed by atoms with Crippen molar-refractivity contribution in [3.05, 3.63) is 75.3 Å². The van der Waals surface area contributed by atoms with Gasteiger partial charge in [0.25, 0.3) is 5.91 Å². The third-order valence-electron chi connectivity index (χ3n) is 5.40. The molecule has 0 spiro atoms. The van der Waals surface area contributed by atoms with Crippen LogP contribution in [-0.4, -0.2) is 36.8 Å². The molecule has 4 rings (SSSR count). The van der Waals surface area contributed by atoms with Gasteiger partial charge in [0.2, 0.25) is 5.43 Å². The fourth-order valence-electron chi connectivity index (χ4n) is 3.75. The lowest BCUT2D eigenvalue weighted by atomic mass is 10.1. The number of hydrogen-bond acceptors (Lipinski definition) is 4. The first-order valence-corrected chi connectivity index (χ1v) is 9.80. The Hall–Kier alpha value is -3.40. The molecule has 6 nitrogen and oxygen atoms in total. The molecule has 1 amide bonds. The minimum atomic E-state index is -4.47. The average Bonchev–Trinajstić information content (AvgIpc) is 2.75. The highest BCUT2D eigenvalue weighted by molar-refractivity contribution is 5.96. The predicted octanol–water partition coefficient (Wildman–Crippen LogP) is 3.14. The van der Waals surface area contributed by atoms with Crippen molar-refractivity contribution in [3.8, 4) is 0 Å². The van der Waals surface area contributed by atoms with Crippen LogP contribution in [-0.2, 0) is 17.5 Å². The van der Waals surface area contributed by atoms with Crippen molar-refractivity contribution >= 4 is 22.5 Å².